The van der Waals surface area contributed by atoms with E-state index in [2.05, 4.69) is 20.2 Å². The van der Waals surface area contributed by atoms with Crippen molar-refractivity contribution in [2.75, 3.05) is 29.6 Å². The second-order valence-corrected chi connectivity index (χ2v) is 13.1. The lowest BCUT2D eigenvalue weighted by molar-refractivity contribution is 0.0977. The Balaban J connectivity index is 1.47. The lowest BCUT2D eigenvalue weighted by atomic mass is 9.94. The number of hydrogen-bond acceptors (Lipinski definition) is 10. The number of carbonyl (C=O) groups is 1. The highest BCUT2D eigenvalue weighted by atomic mass is 35.5. The largest absolute Gasteiger partial charge is 0.377 e. The first-order chi connectivity index (χ1) is 20.8. The van der Waals surface area contributed by atoms with Crippen LogP contribution in [-0.4, -0.2) is 53.2 Å². The Kier molecular flexibility index (Phi) is 8.58. The zero-order chi connectivity index (χ0) is 31.8. The van der Waals surface area contributed by atoms with Crippen molar-refractivity contribution in [1.82, 2.24) is 24.2 Å². The Bertz CT molecular complexity index is 1960. The van der Waals surface area contributed by atoms with E-state index in [1.54, 1.807) is 29.9 Å². The van der Waals surface area contributed by atoms with Crippen LogP contribution in [0.1, 0.15) is 64.9 Å². The van der Waals surface area contributed by atoms with Crippen LogP contribution in [-0.2, 0) is 17.1 Å². The van der Waals surface area contributed by atoms with E-state index in [9.17, 15) is 18.0 Å². The topological polar surface area (TPSA) is 163 Å². The molecule has 1 aromatic carbocycles. The maximum Gasteiger partial charge on any atom is 0.285 e. The Morgan fingerprint density at radius 3 is 2.52 bits per heavy atom. The zero-order valence-electron chi connectivity index (χ0n) is 24.6. The van der Waals surface area contributed by atoms with Crippen LogP contribution in [0.25, 0.3) is 10.9 Å². The number of rotatable bonds is 7. The molecule has 12 nitrogen and oxygen atoms in total. The van der Waals surface area contributed by atoms with Crippen molar-refractivity contribution < 1.29 is 13.2 Å². The highest BCUT2D eigenvalue weighted by Gasteiger charge is 2.27. The first kappa shape index (κ1) is 30.9. The minimum absolute atomic E-state index is 0.0270. The first-order valence-corrected chi connectivity index (χ1v) is 16.2. The summed E-state index contributed by atoms with van der Waals surface area (Å²) in [7, 11) is -2.09. The zero-order valence-corrected chi connectivity index (χ0v) is 26.2. The Labute approximate surface area is 259 Å². The Morgan fingerprint density at radius 1 is 1.16 bits per heavy atom. The molecule has 4 aromatic rings. The SMILES string of the molecule is Cc1cc([C@@H](C)Nc2ccc(Cl)nc2C(=O)NS(C)(=O)=O)c2nc(C3CCN(c4ccc(C#N)nc4)CC3)n(C)c(=O)c2c1. The van der Waals surface area contributed by atoms with Gasteiger partial charge in [-0.2, -0.15) is 5.26 Å². The van der Waals surface area contributed by atoms with Gasteiger partial charge in [0.25, 0.3) is 11.5 Å². The van der Waals surface area contributed by atoms with Crippen molar-refractivity contribution in [3.8, 4) is 6.07 Å². The molecule has 5 rings (SSSR count). The summed E-state index contributed by atoms with van der Waals surface area (Å²) in [5, 5.41) is 12.8. The van der Waals surface area contributed by atoms with Gasteiger partial charge in [-0.1, -0.05) is 17.7 Å². The number of fused-ring (bicyclic) bond motifs is 1. The molecule has 1 amide bonds. The molecular formula is C30H31ClN8O4S. The van der Waals surface area contributed by atoms with E-state index in [1.807, 2.05) is 42.8 Å². The Morgan fingerprint density at radius 2 is 1.89 bits per heavy atom. The van der Waals surface area contributed by atoms with E-state index in [1.165, 1.54) is 6.07 Å². The molecule has 44 heavy (non-hydrogen) atoms. The lowest BCUT2D eigenvalue weighted by Gasteiger charge is -2.33. The summed E-state index contributed by atoms with van der Waals surface area (Å²) in [6.07, 6.45) is 4.13. The van der Waals surface area contributed by atoms with Gasteiger partial charge in [-0.3, -0.25) is 14.2 Å². The van der Waals surface area contributed by atoms with Crippen LogP contribution in [0.4, 0.5) is 11.4 Å². The third kappa shape index (κ3) is 6.51. The molecule has 0 aliphatic carbocycles. The monoisotopic (exact) mass is 634 g/mol. The number of halogens is 1. The normalized spacial score (nSPS) is 14.7. The number of pyridine rings is 2. The number of amides is 1. The van der Waals surface area contributed by atoms with E-state index in [4.69, 9.17) is 21.8 Å². The van der Waals surface area contributed by atoms with Crippen LogP contribution >= 0.6 is 11.6 Å². The number of benzene rings is 1. The Hall–Kier alpha value is -4.54. The summed E-state index contributed by atoms with van der Waals surface area (Å²) in [5.74, 6) is -0.182. The molecule has 0 bridgehead atoms. The number of piperidine rings is 1. The molecule has 228 valence electrons. The molecular weight excluding hydrogens is 604 g/mol. The lowest BCUT2D eigenvalue weighted by Crippen LogP contribution is -2.35. The third-order valence-electron chi connectivity index (χ3n) is 7.67. The van der Waals surface area contributed by atoms with Crippen LogP contribution in [0.3, 0.4) is 0 Å². The van der Waals surface area contributed by atoms with E-state index in [-0.39, 0.29) is 28.0 Å². The summed E-state index contributed by atoms with van der Waals surface area (Å²) in [4.78, 5) is 41.9. The van der Waals surface area contributed by atoms with E-state index in [0.717, 1.165) is 49.0 Å². The fraction of sp³-hybridized carbons (Fsp3) is 0.333. The van der Waals surface area contributed by atoms with Crippen molar-refractivity contribution in [3.63, 3.8) is 0 Å². The molecule has 0 radical (unpaired) electrons. The van der Waals surface area contributed by atoms with Crippen molar-refractivity contribution in [1.29, 1.82) is 5.26 Å². The number of anilines is 2. The number of nitriles is 1. The smallest absolute Gasteiger partial charge is 0.285 e. The van der Waals surface area contributed by atoms with Gasteiger partial charge in [0.2, 0.25) is 10.0 Å². The summed E-state index contributed by atoms with van der Waals surface area (Å²) < 4.78 is 27.0. The quantitative estimate of drug-likeness (QED) is 0.286. The van der Waals surface area contributed by atoms with Crippen LogP contribution in [0.5, 0.6) is 0 Å². The van der Waals surface area contributed by atoms with E-state index < -0.39 is 22.0 Å². The van der Waals surface area contributed by atoms with Crippen LogP contribution in [0.15, 0.2) is 47.4 Å². The van der Waals surface area contributed by atoms with E-state index in [0.29, 0.717) is 22.4 Å². The summed E-state index contributed by atoms with van der Waals surface area (Å²) in [5.41, 5.74) is 3.41. The molecule has 1 atom stereocenters. The van der Waals surface area contributed by atoms with Crippen molar-refractivity contribution in [3.05, 3.63) is 86.4 Å². The molecule has 1 saturated heterocycles. The van der Waals surface area contributed by atoms with Crippen LogP contribution in [0, 0.1) is 18.3 Å². The van der Waals surface area contributed by atoms with Gasteiger partial charge in [0.05, 0.1) is 40.8 Å². The molecule has 1 aliphatic heterocycles. The average molecular weight is 635 g/mol. The fourth-order valence-corrected chi connectivity index (χ4v) is 6.13. The maximum atomic E-state index is 13.7. The number of aromatic nitrogens is 4. The second-order valence-electron chi connectivity index (χ2n) is 11.0. The highest BCUT2D eigenvalue weighted by molar-refractivity contribution is 7.89. The fourth-order valence-electron chi connectivity index (χ4n) is 5.55. The van der Waals surface area contributed by atoms with Crippen molar-refractivity contribution >= 4 is 49.8 Å². The molecule has 3 aromatic heterocycles. The number of carbonyl (C=O) groups excluding carboxylic acids is 1. The number of nitrogens with zero attached hydrogens (tertiary/aromatic N) is 6. The summed E-state index contributed by atoms with van der Waals surface area (Å²) in [6, 6.07) is 12.0. The molecule has 1 aliphatic rings. The van der Waals surface area contributed by atoms with Gasteiger partial charge in [0, 0.05) is 31.6 Å². The van der Waals surface area contributed by atoms with Crippen molar-refractivity contribution in [2.45, 2.75) is 38.6 Å². The van der Waals surface area contributed by atoms with E-state index >= 15 is 0 Å². The van der Waals surface area contributed by atoms with Crippen LogP contribution < -0.4 is 20.5 Å². The molecule has 2 N–H and O–H groups in total. The molecule has 0 unspecified atom stereocenters. The summed E-state index contributed by atoms with van der Waals surface area (Å²) in [6.45, 7) is 5.25. The third-order valence-corrected chi connectivity index (χ3v) is 8.44. The second kappa shape index (κ2) is 12.2. The molecule has 1 fully saturated rings. The maximum absolute atomic E-state index is 13.7. The predicted octanol–water partition coefficient (Wildman–Crippen LogP) is 3.80. The van der Waals surface area contributed by atoms with Gasteiger partial charge in [-0.05, 0) is 62.6 Å². The van der Waals surface area contributed by atoms with Gasteiger partial charge in [0.15, 0.2) is 5.69 Å². The van der Waals surface area contributed by atoms with Gasteiger partial charge in [-0.15, -0.1) is 0 Å². The van der Waals surface area contributed by atoms with Gasteiger partial charge >= 0.3 is 0 Å². The molecule has 0 saturated carbocycles. The average Bonchev–Trinajstić information content (AvgIpc) is 2.99. The van der Waals surface area contributed by atoms with Gasteiger partial charge < -0.3 is 10.2 Å². The molecule has 14 heteroatoms. The molecule has 0 spiro atoms. The highest BCUT2D eigenvalue weighted by Crippen LogP contribution is 2.32. The number of sulfonamides is 1. The minimum atomic E-state index is -3.84. The standard InChI is InChI=1S/C30H31ClN8O4S/c1-17-13-22(18(2)34-24-7-8-25(31)35-27(24)29(40)37-44(4,42)43)26-23(14-17)30(41)38(3)28(36-26)19-9-11-39(12-10-19)21-6-5-20(15-32)33-16-21/h5-8,13-14,16,18-19,34H,9-12H2,1-4H3,(H,37,40)/t18-/m1/s1. The van der Waals surface area contributed by atoms with Gasteiger partial charge in [0.1, 0.15) is 22.7 Å². The molecule has 4 heterocycles. The van der Waals surface area contributed by atoms with Crippen LogP contribution in [0.2, 0.25) is 5.15 Å². The number of hydrogen-bond donors (Lipinski definition) is 2. The number of aryl methyl sites for hydroxylation is 1. The minimum Gasteiger partial charge on any atom is -0.377 e. The summed E-state index contributed by atoms with van der Waals surface area (Å²) >= 11 is 6.03. The van der Waals surface area contributed by atoms with Gasteiger partial charge in [-0.25, -0.2) is 28.1 Å². The predicted molar refractivity (Wildman–Crippen MR) is 168 cm³/mol. The first-order valence-electron chi connectivity index (χ1n) is 13.9. The number of nitrogens with one attached hydrogen (secondary N) is 2. The van der Waals surface area contributed by atoms with Crippen molar-refractivity contribution in [2.24, 2.45) is 7.05 Å².